The second kappa shape index (κ2) is 2.34. The van der Waals surface area contributed by atoms with Crippen LogP contribution in [0, 0.1) is 5.92 Å². The molecular weight excluding hydrogens is 96.1 g/mol. The molecule has 1 radical (unpaired) electrons. The summed E-state index contributed by atoms with van der Waals surface area (Å²) in [5.74, 6) is 1.73. The molecule has 1 aliphatic carbocycles. The summed E-state index contributed by atoms with van der Waals surface area (Å²) in [5.41, 5.74) is 1.45. The molecule has 45 valence electrons. The van der Waals surface area contributed by atoms with Gasteiger partial charge in [-0.15, -0.1) is 0 Å². The molecule has 0 unspecified atom stereocenters. The molecule has 1 saturated carbocycles. The number of hydrogen-bond donors (Lipinski definition) is 0. The van der Waals surface area contributed by atoms with Gasteiger partial charge in [-0.25, -0.2) is 0 Å². The van der Waals surface area contributed by atoms with Crippen LogP contribution in [0.15, 0.2) is 11.6 Å². The molecular formula is C8H13. The van der Waals surface area contributed by atoms with E-state index >= 15 is 0 Å². The third-order valence-electron chi connectivity index (χ3n) is 1.40. The van der Waals surface area contributed by atoms with Gasteiger partial charge in [-0.2, -0.15) is 0 Å². The van der Waals surface area contributed by atoms with Gasteiger partial charge in [-0.3, -0.25) is 0 Å². The van der Waals surface area contributed by atoms with Crippen LogP contribution < -0.4 is 0 Å². The van der Waals surface area contributed by atoms with Crippen molar-refractivity contribution in [3.05, 3.63) is 17.6 Å². The maximum atomic E-state index is 2.31. The van der Waals surface area contributed by atoms with Crippen LogP contribution in [0.2, 0.25) is 0 Å². The Kier molecular flexibility index (Phi) is 1.72. The van der Waals surface area contributed by atoms with E-state index in [9.17, 15) is 0 Å². The van der Waals surface area contributed by atoms with E-state index in [0.29, 0.717) is 0 Å². The Morgan fingerprint density at radius 1 is 1.50 bits per heavy atom. The fourth-order valence-corrected chi connectivity index (χ4v) is 0.641. The van der Waals surface area contributed by atoms with Crippen LogP contribution >= 0.6 is 0 Å². The minimum absolute atomic E-state index is 1.25. The van der Waals surface area contributed by atoms with Gasteiger partial charge in [0.1, 0.15) is 0 Å². The second-order valence-electron chi connectivity index (χ2n) is 2.74. The van der Waals surface area contributed by atoms with Gasteiger partial charge in [0.05, 0.1) is 0 Å². The summed E-state index contributed by atoms with van der Waals surface area (Å²) in [4.78, 5) is 0. The van der Waals surface area contributed by atoms with E-state index in [2.05, 4.69) is 19.9 Å². The lowest BCUT2D eigenvalue weighted by atomic mass is 10.2. The first kappa shape index (κ1) is 5.87. The average molecular weight is 109 g/mol. The fourth-order valence-electron chi connectivity index (χ4n) is 0.641. The highest BCUT2D eigenvalue weighted by molar-refractivity contribution is 5.11. The van der Waals surface area contributed by atoms with Crippen LogP contribution in [-0.4, -0.2) is 0 Å². The lowest BCUT2D eigenvalue weighted by Crippen LogP contribution is -1.68. The summed E-state index contributed by atoms with van der Waals surface area (Å²) in [6, 6.07) is 0. The standard InChI is InChI=1S/C8H13/c1-7(2)3-4-8-5-6-8/h3H,4-6H2,1-2H3. The van der Waals surface area contributed by atoms with Crippen molar-refractivity contribution >= 4 is 0 Å². The predicted molar refractivity (Wildman–Crippen MR) is 36.5 cm³/mol. The topological polar surface area (TPSA) is 0 Å². The lowest BCUT2D eigenvalue weighted by molar-refractivity contribution is 1.15. The molecule has 0 atom stereocenters. The molecule has 1 rings (SSSR count). The van der Waals surface area contributed by atoms with Gasteiger partial charge in [0, 0.05) is 0 Å². The molecule has 0 aliphatic heterocycles. The maximum absolute atomic E-state index is 2.31. The molecule has 8 heavy (non-hydrogen) atoms. The molecule has 0 aromatic heterocycles. The van der Waals surface area contributed by atoms with Crippen molar-refractivity contribution in [1.29, 1.82) is 0 Å². The zero-order valence-corrected chi connectivity index (χ0v) is 5.70. The van der Waals surface area contributed by atoms with Crippen molar-refractivity contribution in [1.82, 2.24) is 0 Å². The molecule has 0 heteroatoms. The third kappa shape index (κ3) is 2.15. The Balaban J connectivity index is 2.10. The van der Waals surface area contributed by atoms with E-state index in [-0.39, 0.29) is 0 Å². The highest BCUT2D eigenvalue weighted by atomic mass is 14.2. The van der Waals surface area contributed by atoms with Crippen molar-refractivity contribution in [3.8, 4) is 0 Å². The normalized spacial score (nSPS) is 18.2. The SMILES string of the molecule is CC(C)=CC[C]1CC1. The molecule has 1 fully saturated rings. The fraction of sp³-hybridized carbons (Fsp3) is 0.625. The van der Waals surface area contributed by atoms with Gasteiger partial charge in [0.2, 0.25) is 0 Å². The molecule has 0 saturated heterocycles. The number of hydrogen-bond acceptors (Lipinski definition) is 0. The first-order valence-corrected chi connectivity index (χ1v) is 3.26. The molecule has 0 heterocycles. The quantitative estimate of drug-likeness (QED) is 0.478. The van der Waals surface area contributed by atoms with E-state index < -0.39 is 0 Å². The lowest BCUT2D eigenvalue weighted by Gasteiger charge is -1.86. The van der Waals surface area contributed by atoms with E-state index in [0.717, 1.165) is 0 Å². The molecule has 0 N–H and O–H groups in total. The average Bonchev–Trinajstić information content (AvgIpc) is 2.41. The van der Waals surface area contributed by atoms with Crippen LogP contribution in [0.4, 0.5) is 0 Å². The van der Waals surface area contributed by atoms with E-state index in [1.807, 2.05) is 0 Å². The summed E-state index contributed by atoms with van der Waals surface area (Å²) in [6.07, 6.45) is 6.35. The zero-order valence-electron chi connectivity index (χ0n) is 5.70. The minimum atomic E-state index is 1.25. The second-order valence-corrected chi connectivity index (χ2v) is 2.74. The highest BCUT2D eigenvalue weighted by Gasteiger charge is 2.19. The Morgan fingerprint density at radius 3 is 2.50 bits per heavy atom. The molecule has 0 nitrogen and oxygen atoms in total. The Labute approximate surface area is 51.6 Å². The van der Waals surface area contributed by atoms with E-state index in [1.54, 1.807) is 5.92 Å². The molecule has 0 bridgehead atoms. The molecule has 0 amide bonds. The molecule has 0 aromatic rings. The number of allylic oxidation sites excluding steroid dienone is 2. The minimum Gasteiger partial charge on any atom is -0.0853 e. The monoisotopic (exact) mass is 109 g/mol. The van der Waals surface area contributed by atoms with Gasteiger partial charge in [0.15, 0.2) is 0 Å². The van der Waals surface area contributed by atoms with Gasteiger partial charge < -0.3 is 0 Å². The third-order valence-corrected chi connectivity index (χ3v) is 1.40. The number of rotatable bonds is 2. The van der Waals surface area contributed by atoms with Gasteiger partial charge in [0.25, 0.3) is 0 Å². The zero-order chi connectivity index (χ0) is 5.98. The molecule has 0 aromatic carbocycles. The maximum Gasteiger partial charge on any atom is -0.0203 e. The van der Waals surface area contributed by atoms with Crippen molar-refractivity contribution in [3.63, 3.8) is 0 Å². The Hall–Kier alpha value is -0.260. The van der Waals surface area contributed by atoms with Crippen molar-refractivity contribution in [2.45, 2.75) is 33.1 Å². The molecule has 1 aliphatic rings. The van der Waals surface area contributed by atoms with Crippen LogP contribution in [0.25, 0.3) is 0 Å². The Bertz CT molecular complexity index is 92.6. The summed E-state index contributed by atoms with van der Waals surface area (Å²) < 4.78 is 0. The van der Waals surface area contributed by atoms with Crippen molar-refractivity contribution < 1.29 is 0 Å². The Morgan fingerprint density at radius 2 is 2.12 bits per heavy atom. The van der Waals surface area contributed by atoms with Crippen molar-refractivity contribution in [2.24, 2.45) is 0 Å². The first-order valence-electron chi connectivity index (χ1n) is 3.26. The highest BCUT2D eigenvalue weighted by Crippen LogP contribution is 2.35. The first-order chi connectivity index (χ1) is 3.79. The van der Waals surface area contributed by atoms with Gasteiger partial charge in [-0.1, -0.05) is 11.6 Å². The summed E-state index contributed by atoms with van der Waals surface area (Å²) >= 11 is 0. The van der Waals surface area contributed by atoms with Gasteiger partial charge >= 0.3 is 0 Å². The summed E-state index contributed by atoms with van der Waals surface area (Å²) in [7, 11) is 0. The van der Waals surface area contributed by atoms with Gasteiger partial charge in [-0.05, 0) is 39.0 Å². The molecule has 0 spiro atoms. The summed E-state index contributed by atoms with van der Waals surface area (Å²) in [5, 5.41) is 0. The van der Waals surface area contributed by atoms with Crippen LogP contribution in [0.5, 0.6) is 0 Å². The van der Waals surface area contributed by atoms with E-state index in [1.165, 1.54) is 24.8 Å². The van der Waals surface area contributed by atoms with Crippen LogP contribution in [0.3, 0.4) is 0 Å². The van der Waals surface area contributed by atoms with E-state index in [4.69, 9.17) is 0 Å². The largest absolute Gasteiger partial charge is 0.0853 e. The van der Waals surface area contributed by atoms with Crippen molar-refractivity contribution in [2.75, 3.05) is 0 Å². The van der Waals surface area contributed by atoms with Crippen LogP contribution in [0.1, 0.15) is 33.1 Å². The smallest absolute Gasteiger partial charge is 0.0203 e. The predicted octanol–water partition coefficient (Wildman–Crippen LogP) is 2.71. The van der Waals surface area contributed by atoms with Crippen LogP contribution in [-0.2, 0) is 0 Å². The summed E-state index contributed by atoms with van der Waals surface area (Å²) in [6.45, 7) is 4.31.